The maximum Gasteiger partial charge on any atom is 0.256 e. The van der Waals surface area contributed by atoms with Gasteiger partial charge in [0.1, 0.15) is 0 Å². The molecule has 5 aromatic rings. The van der Waals surface area contributed by atoms with Crippen LogP contribution in [-0.2, 0) is 18.1 Å². The number of rotatable bonds is 9. The fourth-order valence-corrected chi connectivity index (χ4v) is 6.44. The Labute approximate surface area is 264 Å². The molecule has 229 valence electrons. The maximum atomic E-state index is 14.8. The van der Waals surface area contributed by atoms with Gasteiger partial charge in [-0.05, 0) is 72.5 Å². The summed E-state index contributed by atoms with van der Waals surface area (Å²) in [5.41, 5.74) is 6.16. The number of para-hydroxylation sites is 1. The first-order valence-electron chi connectivity index (χ1n) is 15.3. The third-order valence-electron chi connectivity index (χ3n) is 8.56. The zero-order valence-electron chi connectivity index (χ0n) is 26.0. The second-order valence-corrected chi connectivity index (χ2v) is 11.5. The Morgan fingerprint density at radius 2 is 1.49 bits per heavy atom. The van der Waals surface area contributed by atoms with Crippen molar-refractivity contribution >= 4 is 5.91 Å². The van der Waals surface area contributed by atoms with Crippen molar-refractivity contribution in [2.45, 2.75) is 25.9 Å². The molecule has 0 saturated carbocycles. The molecule has 1 saturated heterocycles. The van der Waals surface area contributed by atoms with Crippen LogP contribution in [0.25, 0.3) is 16.9 Å². The number of amides is 1. The zero-order valence-corrected chi connectivity index (χ0v) is 26.0. The molecule has 0 bridgehead atoms. The molecule has 1 aliphatic heterocycles. The second kappa shape index (κ2) is 13.3. The molecule has 7 nitrogen and oxygen atoms in total. The molecule has 0 aliphatic carbocycles. The van der Waals surface area contributed by atoms with Crippen LogP contribution in [0.5, 0.6) is 17.2 Å². The summed E-state index contributed by atoms with van der Waals surface area (Å²) >= 11 is 0. The minimum atomic E-state index is -0.0853. The van der Waals surface area contributed by atoms with Gasteiger partial charge in [0.2, 0.25) is 0 Å². The first-order valence-corrected chi connectivity index (χ1v) is 15.3. The lowest BCUT2D eigenvalue weighted by Gasteiger charge is -2.42. The lowest BCUT2D eigenvalue weighted by molar-refractivity contribution is 0.0439. The molecular weight excluding hydrogens is 562 g/mol. The highest BCUT2D eigenvalue weighted by molar-refractivity contribution is 6.01. The van der Waals surface area contributed by atoms with E-state index in [1.165, 1.54) is 11.1 Å². The smallest absolute Gasteiger partial charge is 0.256 e. The van der Waals surface area contributed by atoms with Crippen molar-refractivity contribution in [1.82, 2.24) is 14.4 Å². The molecule has 1 radical (unpaired) electrons. The van der Waals surface area contributed by atoms with Gasteiger partial charge in [-0.15, -0.1) is 0 Å². The van der Waals surface area contributed by atoms with Crippen LogP contribution in [0.1, 0.15) is 27.2 Å². The van der Waals surface area contributed by atoms with Crippen LogP contribution < -0.4 is 9.47 Å². The number of aryl methyl sites for hydroxylation is 1. The van der Waals surface area contributed by atoms with Gasteiger partial charge in [0.15, 0.2) is 17.2 Å². The number of ether oxygens (including phenoxy) is 2. The number of aromatic nitrogens is 1. The van der Waals surface area contributed by atoms with E-state index in [1.807, 2.05) is 52.8 Å². The van der Waals surface area contributed by atoms with Crippen molar-refractivity contribution < 1.29 is 19.4 Å². The van der Waals surface area contributed by atoms with E-state index < -0.39 is 0 Å². The van der Waals surface area contributed by atoms with Gasteiger partial charge in [-0.25, -0.2) is 0 Å². The lowest BCUT2D eigenvalue weighted by Crippen LogP contribution is -2.55. The van der Waals surface area contributed by atoms with E-state index in [4.69, 9.17) is 9.47 Å². The number of carbonyl (C=O) groups excluding carboxylic acids is 1. The minimum absolute atomic E-state index is 0.0239. The molecular formula is C38H38N3O4. The molecule has 0 spiro atoms. The van der Waals surface area contributed by atoms with Gasteiger partial charge in [0.05, 0.1) is 31.2 Å². The van der Waals surface area contributed by atoms with Crippen molar-refractivity contribution in [3.05, 3.63) is 132 Å². The van der Waals surface area contributed by atoms with Gasteiger partial charge in [0.25, 0.3) is 5.91 Å². The SMILES string of the molecule is COc1cccc(-n2c(C)cc(C(=O)N3CCN(Cc4ccccc4)C[C@H]3Cc3ccccc3)c2-c2ccc([O])cc2)c1OC. The minimum Gasteiger partial charge on any atom is -0.493 e. The molecule has 6 rings (SSSR count). The Balaban J connectivity index is 1.42. The largest absolute Gasteiger partial charge is 0.493 e. The lowest BCUT2D eigenvalue weighted by atomic mass is 9.99. The van der Waals surface area contributed by atoms with E-state index in [0.717, 1.165) is 43.0 Å². The number of nitrogens with zero attached hydrogens (tertiary/aromatic N) is 3. The summed E-state index contributed by atoms with van der Waals surface area (Å²) in [4.78, 5) is 19.3. The van der Waals surface area contributed by atoms with Crippen molar-refractivity contribution in [3.63, 3.8) is 0 Å². The quantitative estimate of drug-likeness (QED) is 0.180. The summed E-state index contributed by atoms with van der Waals surface area (Å²) in [6.07, 6.45) is 0.751. The van der Waals surface area contributed by atoms with Crippen molar-refractivity contribution in [2.24, 2.45) is 0 Å². The fourth-order valence-electron chi connectivity index (χ4n) is 6.44. The molecule has 1 aliphatic rings. The van der Waals surface area contributed by atoms with Crippen molar-refractivity contribution in [2.75, 3.05) is 33.9 Å². The normalized spacial score (nSPS) is 15.2. The first kappa shape index (κ1) is 30.0. The second-order valence-electron chi connectivity index (χ2n) is 11.5. The van der Waals surface area contributed by atoms with E-state index in [9.17, 15) is 9.90 Å². The first-order chi connectivity index (χ1) is 22.0. The van der Waals surface area contributed by atoms with Gasteiger partial charge in [-0.1, -0.05) is 66.7 Å². The van der Waals surface area contributed by atoms with Crippen molar-refractivity contribution in [3.8, 4) is 34.2 Å². The maximum absolute atomic E-state index is 14.8. The van der Waals surface area contributed by atoms with Crippen LogP contribution in [0.4, 0.5) is 0 Å². The molecule has 7 heteroatoms. The van der Waals surface area contributed by atoms with Gasteiger partial charge >= 0.3 is 0 Å². The van der Waals surface area contributed by atoms with Crippen LogP contribution in [0.15, 0.2) is 109 Å². The highest BCUT2D eigenvalue weighted by atomic mass is 16.5. The van der Waals surface area contributed by atoms with Gasteiger partial charge < -0.3 is 18.9 Å². The molecule has 45 heavy (non-hydrogen) atoms. The van der Waals surface area contributed by atoms with Crippen LogP contribution in [0.3, 0.4) is 0 Å². The fraction of sp³-hybridized carbons (Fsp3) is 0.237. The van der Waals surface area contributed by atoms with Crippen molar-refractivity contribution in [1.29, 1.82) is 0 Å². The zero-order chi connectivity index (χ0) is 31.3. The van der Waals surface area contributed by atoms with Gasteiger partial charge in [-0.3, -0.25) is 14.8 Å². The average Bonchev–Trinajstić information content (AvgIpc) is 3.42. The molecule has 1 fully saturated rings. The number of carbonyl (C=O) groups is 1. The number of methoxy groups -OCH3 is 2. The van der Waals surface area contributed by atoms with Crippen LogP contribution in [0.2, 0.25) is 0 Å². The molecule has 1 aromatic heterocycles. The third kappa shape index (κ3) is 6.30. The summed E-state index contributed by atoms with van der Waals surface area (Å²) in [6, 6.07) is 35.2. The van der Waals surface area contributed by atoms with Crippen LogP contribution >= 0.6 is 0 Å². The summed E-state index contributed by atoms with van der Waals surface area (Å²) in [5.74, 6) is 1.04. The van der Waals surface area contributed by atoms with Gasteiger partial charge in [-0.2, -0.15) is 0 Å². The predicted octanol–water partition coefficient (Wildman–Crippen LogP) is 7.18. The molecule has 4 aromatic carbocycles. The highest BCUT2D eigenvalue weighted by Crippen LogP contribution is 2.40. The predicted molar refractivity (Wildman–Crippen MR) is 176 cm³/mol. The van der Waals surface area contributed by atoms with E-state index in [-0.39, 0.29) is 17.7 Å². The third-order valence-corrected chi connectivity index (χ3v) is 8.56. The van der Waals surface area contributed by atoms with Gasteiger partial charge in [0, 0.05) is 37.9 Å². The van der Waals surface area contributed by atoms with E-state index in [0.29, 0.717) is 29.3 Å². The summed E-state index contributed by atoms with van der Waals surface area (Å²) in [6.45, 7) is 4.97. The van der Waals surface area contributed by atoms with Crippen LogP contribution in [-0.4, -0.2) is 60.2 Å². The Morgan fingerprint density at radius 3 is 2.16 bits per heavy atom. The summed E-state index contributed by atoms with van der Waals surface area (Å²) in [7, 11) is 3.22. The Bertz CT molecular complexity index is 1750. The number of benzene rings is 4. The molecule has 0 N–H and O–H groups in total. The summed E-state index contributed by atoms with van der Waals surface area (Å²) < 4.78 is 13.5. The molecule has 0 unspecified atom stereocenters. The average molecular weight is 601 g/mol. The summed E-state index contributed by atoms with van der Waals surface area (Å²) in [5, 5.41) is 12.1. The van der Waals surface area contributed by atoms with Crippen LogP contribution in [0, 0.1) is 6.92 Å². The van der Waals surface area contributed by atoms with E-state index >= 15 is 0 Å². The standard InChI is InChI=1S/C38H38N3O4/c1-27-23-33(36(30-17-19-32(42)20-18-30)41(27)34-15-10-16-35(44-2)37(34)45-3)38(43)40-22-21-39(25-29-13-8-5-9-14-29)26-31(40)24-28-11-6-4-7-12-28/h4-20,23,31H,21-22,24-26H2,1-3H3/t31-/m1/s1. The molecule has 2 heterocycles. The molecule has 1 amide bonds. The number of hydrogen-bond donors (Lipinski definition) is 0. The van der Waals surface area contributed by atoms with E-state index in [1.54, 1.807) is 38.5 Å². The Hall–Kier alpha value is -5.01. The monoisotopic (exact) mass is 600 g/mol. The Morgan fingerprint density at radius 1 is 0.800 bits per heavy atom. The van der Waals surface area contributed by atoms with E-state index in [2.05, 4.69) is 53.4 Å². The Kier molecular flexibility index (Phi) is 8.89. The number of hydrogen-bond acceptors (Lipinski definition) is 4. The number of piperazine rings is 1. The topological polar surface area (TPSA) is 66.8 Å². The highest BCUT2D eigenvalue weighted by Gasteiger charge is 2.34. The molecule has 1 atom stereocenters.